The maximum atomic E-state index is 11.4. The van der Waals surface area contributed by atoms with Crippen molar-refractivity contribution in [2.24, 2.45) is 0 Å². The number of aliphatic hydroxyl groups excluding tert-OH is 1. The van der Waals surface area contributed by atoms with Gasteiger partial charge in [0.05, 0.1) is 5.57 Å². The summed E-state index contributed by atoms with van der Waals surface area (Å²) < 4.78 is 4.96. The Morgan fingerprint density at radius 2 is 1.68 bits per heavy atom. The summed E-state index contributed by atoms with van der Waals surface area (Å²) in [4.78, 5) is 11.4. The lowest BCUT2D eigenvalue weighted by Gasteiger charge is -2.04. The SMILES string of the molecule is CCCCCCCCCC/C=C1/C(=O)O[C@@H](C)[C@H]1O. The molecule has 1 N–H and O–H groups in total. The fourth-order valence-corrected chi connectivity index (χ4v) is 2.41. The lowest BCUT2D eigenvalue weighted by Crippen LogP contribution is -2.17. The molecule has 1 aliphatic rings. The predicted molar refractivity (Wildman–Crippen MR) is 76.9 cm³/mol. The van der Waals surface area contributed by atoms with Crippen LogP contribution in [0, 0.1) is 0 Å². The van der Waals surface area contributed by atoms with Crippen LogP contribution in [0.15, 0.2) is 11.6 Å². The molecule has 1 fully saturated rings. The highest BCUT2D eigenvalue weighted by Crippen LogP contribution is 2.21. The number of esters is 1. The van der Waals surface area contributed by atoms with Gasteiger partial charge < -0.3 is 9.84 Å². The quantitative estimate of drug-likeness (QED) is 0.393. The van der Waals surface area contributed by atoms with Crippen LogP contribution in [0.2, 0.25) is 0 Å². The third-order valence-corrected chi connectivity index (χ3v) is 3.71. The molecule has 0 spiro atoms. The van der Waals surface area contributed by atoms with Crippen LogP contribution in [0.1, 0.15) is 71.6 Å². The molecule has 1 aliphatic heterocycles. The average Bonchev–Trinajstić information content (AvgIpc) is 2.63. The second kappa shape index (κ2) is 9.13. The first-order chi connectivity index (χ1) is 9.16. The summed E-state index contributed by atoms with van der Waals surface area (Å²) in [6.07, 6.45) is 11.8. The minimum atomic E-state index is -0.735. The van der Waals surface area contributed by atoms with E-state index in [2.05, 4.69) is 6.92 Å². The van der Waals surface area contributed by atoms with Crippen molar-refractivity contribution in [1.29, 1.82) is 0 Å². The summed E-state index contributed by atoms with van der Waals surface area (Å²) in [6, 6.07) is 0. The third kappa shape index (κ3) is 5.77. The molecule has 0 saturated carbocycles. The predicted octanol–water partition coefficient (Wildman–Crippen LogP) is 3.75. The Bertz CT molecular complexity index is 296. The van der Waals surface area contributed by atoms with Crippen molar-refractivity contribution in [3.05, 3.63) is 11.6 Å². The van der Waals surface area contributed by atoms with Crippen molar-refractivity contribution in [2.75, 3.05) is 0 Å². The number of allylic oxidation sites excluding steroid dienone is 1. The van der Waals surface area contributed by atoms with Gasteiger partial charge in [-0.2, -0.15) is 0 Å². The Hall–Kier alpha value is -0.830. The number of aliphatic hydroxyl groups is 1. The molecule has 110 valence electrons. The Morgan fingerprint density at radius 3 is 2.21 bits per heavy atom. The smallest absolute Gasteiger partial charge is 0.336 e. The summed E-state index contributed by atoms with van der Waals surface area (Å²) in [6.45, 7) is 3.95. The van der Waals surface area contributed by atoms with Gasteiger partial charge in [-0.25, -0.2) is 4.79 Å². The molecule has 0 amide bonds. The van der Waals surface area contributed by atoms with E-state index in [1.165, 1.54) is 44.9 Å². The number of carbonyl (C=O) groups excluding carboxylic acids is 1. The summed E-state index contributed by atoms with van der Waals surface area (Å²) in [5.74, 6) is -0.348. The normalized spacial score (nSPS) is 25.0. The van der Waals surface area contributed by atoms with Gasteiger partial charge in [-0.05, 0) is 19.8 Å². The van der Waals surface area contributed by atoms with E-state index >= 15 is 0 Å². The molecule has 19 heavy (non-hydrogen) atoms. The molecule has 0 aromatic carbocycles. The van der Waals surface area contributed by atoms with E-state index in [0.717, 1.165) is 12.8 Å². The van der Waals surface area contributed by atoms with E-state index in [0.29, 0.717) is 5.57 Å². The zero-order valence-corrected chi connectivity index (χ0v) is 12.4. The number of unbranched alkanes of at least 4 members (excludes halogenated alkanes) is 8. The second-order valence-corrected chi connectivity index (χ2v) is 5.48. The van der Waals surface area contributed by atoms with Crippen molar-refractivity contribution >= 4 is 5.97 Å². The number of cyclic esters (lactones) is 1. The lowest BCUT2D eigenvalue weighted by molar-refractivity contribution is -0.138. The van der Waals surface area contributed by atoms with Crippen LogP contribution in [0.5, 0.6) is 0 Å². The van der Waals surface area contributed by atoms with Gasteiger partial charge >= 0.3 is 5.97 Å². The molecule has 0 aliphatic carbocycles. The molecule has 2 atom stereocenters. The third-order valence-electron chi connectivity index (χ3n) is 3.71. The van der Waals surface area contributed by atoms with Crippen LogP contribution >= 0.6 is 0 Å². The molecular weight excluding hydrogens is 240 g/mol. The Kier molecular flexibility index (Phi) is 7.80. The molecular formula is C16H28O3. The minimum absolute atomic E-state index is 0.348. The van der Waals surface area contributed by atoms with E-state index < -0.39 is 12.2 Å². The van der Waals surface area contributed by atoms with Crippen LogP contribution in [0.3, 0.4) is 0 Å². The molecule has 0 radical (unpaired) electrons. The van der Waals surface area contributed by atoms with Gasteiger partial charge in [0.1, 0.15) is 12.2 Å². The first kappa shape index (κ1) is 16.2. The van der Waals surface area contributed by atoms with E-state index in [1.807, 2.05) is 6.08 Å². The number of hydrogen-bond donors (Lipinski definition) is 1. The van der Waals surface area contributed by atoms with Gasteiger partial charge in [-0.1, -0.05) is 57.9 Å². The summed E-state index contributed by atoms with van der Waals surface area (Å²) in [7, 11) is 0. The maximum absolute atomic E-state index is 11.4. The fourth-order valence-electron chi connectivity index (χ4n) is 2.41. The van der Waals surface area contributed by atoms with Crippen molar-refractivity contribution in [2.45, 2.75) is 83.8 Å². The highest BCUT2D eigenvalue weighted by atomic mass is 16.6. The summed E-state index contributed by atoms with van der Waals surface area (Å²) in [5, 5.41) is 9.74. The minimum Gasteiger partial charge on any atom is -0.456 e. The van der Waals surface area contributed by atoms with Crippen LogP contribution in [0.4, 0.5) is 0 Å². The monoisotopic (exact) mass is 268 g/mol. The highest BCUT2D eigenvalue weighted by molar-refractivity contribution is 5.92. The molecule has 0 unspecified atom stereocenters. The van der Waals surface area contributed by atoms with Gasteiger partial charge in [-0.3, -0.25) is 0 Å². The van der Waals surface area contributed by atoms with E-state index in [9.17, 15) is 9.90 Å². The highest BCUT2D eigenvalue weighted by Gasteiger charge is 2.34. The van der Waals surface area contributed by atoms with Gasteiger partial charge in [0.2, 0.25) is 0 Å². The fraction of sp³-hybridized carbons (Fsp3) is 0.812. The van der Waals surface area contributed by atoms with Gasteiger partial charge in [0, 0.05) is 0 Å². The first-order valence-corrected chi connectivity index (χ1v) is 7.76. The van der Waals surface area contributed by atoms with Crippen molar-refractivity contribution in [3.8, 4) is 0 Å². The molecule has 0 aromatic rings. The number of carbonyl (C=O) groups is 1. The average molecular weight is 268 g/mol. The zero-order chi connectivity index (χ0) is 14.1. The number of hydrogen-bond acceptors (Lipinski definition) is 3. The summed E-state index contributed by atoms with van der Waals surface area (Å²) >= 11 is 0. The van der Waals surface area contributed by atoms with Crippen LogP contribution < -0.4 is 0 Å². The van der Waals surface area contributed by atoms with Crippen LogP contribution in [-0.4, -0.2) is 23.3 Å². The Morgan fingerprint density at radius 1 is 1.11 bits per heavy atom. The Labute approximate surface area is 117 Å². The van der Waals surface area contributed by atoms with Crippen molar-refractivity contribution in [3.63, 3.8) is 0 Å². The van der Waals surface area contributed by atoms with E-state index in [4.69, 9.17) is 4.74 Å². The zero-order valence-electron chi connectivity index (χ0n) is 12.4. The van der Waals surface area contributed by atoms with Crippen LogP contribution in [0.25, 0.3) is 0 Å². The Balaban J connectivity index is 2.05. The van der Waals surface area contributed by atoms with Gasteiger partial charge in [-0.15, -0.1) is 0 Å². The molecule has 3 nitrogen and oxygen atoms in total. The molecule has 3 heteroatoms. The van der Waals surface area contributed by atoms with Crippen molar-refractivity contribution in [1.82, 2.24) is 0 Å². The topological polar surface area (TPSA) is 46.5 Å². The van der Waals surface area contributed by atoms with Crippen molar-refractivity contribution < 1.29 is 14.6 Å². The lowest BCUT2D eigenvalue weighted by atomic mass is 10.0. The van der Waals surface area contributed by atoms with Crippen LogP contribution in [-0.2, 0) is 9.53 Å². The largest absolute Gasteiger partial charge is 0.456 e. The molecule has 1 rings (SSSR count). The van der Waals surface area contributed by atoms with E-state index in [-0.39, 0.29) is 5.97 Å². The number of rotatable bonds is 9. The number of ether oxygens (including phenoxy) is 1. The maximum Gasteiger partial charge on any atom is 0.336 e. The van der Waals surface area contributed by atoms with Gasteiger partial charge in [0.15, 0.2) is 0 Å². The van der Waals surface area contributed by atoms with Gasteiger partial charge in [0.25, 0.3) is 0 Å². The summed E-state index contributed by atoms with van der Waals surface area (Å²) in [5.41, 5.74) is 0.454. The molecule has 0 aromatic heterocycles. The van der Waals surface area contributed by atoms with E-state index in [1.54, 1.807) is 6.92 Å². The second-order valence-electron chi connectivity index (χ2n) is 5.48. The molecule has 1 heterocycles. The molecule has 0 bridgehead atoms. The standard InChI is InChI=1S/C16H28O3/c1-3-4-5-6-7-8-9-10-11-12-14-15(17)13(2)19-16(14)18/h12-13,15,17H,3-11H2,1-2H3/b14-12+/t13-,15+/m0/s1. The first-order valence-electron chi connectivity index (χ1n) is 7.76. The molecule has 1 saturated heterocycles.